The lowest BCUT2D eigenvalue weighted by Gasteiger charge is -2.29. The van der Waals surface area contributed by atoms with E-state index in [-0.39, 0.29) is 5.91 Å². The molecule has 18 heavy (non-hydrogen) atoms. The molecule has 104 valence electrons. The molecule has 2 saturated heterocycles. The molecule has 2 rings (SSSR count). The average molecular weight is 253 g/mol. The van der Waals surface area contributed by atoms with Gasteiger partial charge in [-0.3, -0.25) is 9.69 Å². The van der Waals surface area contributed by atoms with Crippen LogP contribution in [0.1, 0.15) is 27.2 Å². The molecule has 0 radical (unpaired) electrons. The minimum absolute atomic E-state index is 0.261. The molecule has 0 aromatic carbocycles. The van der Waals surface area contributed by atoms with E-state index in [1.165, 1.54) is 0 Å². The minimum atomic E-state index is 0.261. The zero-order valence-corrected chi connectivity index (χ0v) is 12.1. The first-order chi connectivity index (χ1) is 8.54. The second-order valence-electron chi connectivity index (χ2n) is 6.09. The summed E-state index contributed by atoms with van der Waals surface area (Å²) in [5.74, 6) is 1.77. The highest BCUT2D eigenvalue weighted by molar-refractivity contribution is 5.78. The summed E-state index contributed by atoms with van der Waals surface area (Å²) >= 11 is 0. The van der Waals surface area contributed by atoms with Crippen LogP contribution < -0.4 is 5.32 Å². The van der Waals surface area contributed by atoms with Gasteiger partial charge in [0.15, 0.2) is 0 Å². The molecule has 4 nitrogen and oxygen atoms in total. The van der Waals surface area contributed by atoms with Crippen LogP contribution in [0.4, 0.5) is 0 Å². The standard InChI is InChI=1S/C14H27N3O/c1-5-13-12-7-15-6-11(12)8-17(13)9-14(18)16(4)10(2)3/h10-13,15H,5-9H2,1-4H3. The Balaban J connectivity index is 1.95. The summed E-state index contributed by atoms with van der Waals surface area (Å²) in [6, 6.07) is 0.885. The quantitative estimate of drug-likeness (QED) is 0.804. The number of likely N-dealkylation sites (N-methyl/N-ethyl adjacent to an activating group) is 1. The Kier molecular flexibility index (Phi) is 4.28. The van der Waals surface area contributed by atoms with Crippen LogP contribution >= 0.6 is 0 Å². The summed E-state index contributed by atoms with van der Waals surface area (Å²) in [7, 11) is 1.91. The Bertz CT molecular complexity index is 305. The van der Waals surface area contributed by atoms with Crippen LogP contribution in [0.2, 0.25) is 0 Å². The maximum Gasteiger partial charge on any atom is 0.236 e. The molecule has 2 aliphatic rings. The van der Waals surface area contributed by atoms with Crippen molar-refractivity contribution in [1.82, 2.24) is 15.1 Å². The fraction of sp³-hybridized carbons (Fsp3) is 0.929. The number of carbonyl (C=O) groups is 1. The highest BCUT2D eigenvalue weighted by atomic mass is 16.2. The zero-order chi connectivity index (χ0) is 13.3. The second kappa shape index (κ2) is 5.57. The Morgan fingerprint density at radius 1 is 1.44 bits per heavy atom. The van der Waals surface area contributed by atoms with Gasteiger partial charge in [-0.25, -0.2) is 0 Å². The van der Waals surface area contributed by atoms with E-state index >= 15 is 0 Å². The van der Waals surface area contributed by atoms with Crippen molar-refractivity contribution in [2.24, 2.45) is 11.8 Å². The summed E-state index contributed by atoms with van der Waals surface area (Å²) in [5, 5.41) is 3.48. The molecule has 4 heteroatoms. The van der Waals surface area contributed by atoms with E-state index in [4.69, 9.17) is 0 Å². The third kappa shape index (κ3) is 2.54. The van der Waals surface area contributed by atoms with Gasteiger partial charge in [0, 0.05) is 25.7 Å². The van der Waals surface area contributed by atoms with Crippen LogP contribution in [0.3, 0.4) is 0 Å². The number of carbonyl (C=O) groups excluding carboxylic acids is 1. The average Bonchev–Trinajstić information content (AvgIpc) is 2.87. The summed E-state index contributed by atoms with van der Waals surface area (Å²) in [5.41, 5.74) is 0. The van der Waals surface area contributed by atoms with E-state index in [2.05, 4.69) is 31.0 Å². The van der Waals surface area contributed by atoms with Crippen LogP contribution in [0.5, 0.6) is 0 Å². The van der Waals surface area contributed by atoms with E-state index in [9.17, 15) is 4.79 Å². The third-order valence-electron chi connectivity index (χ3n) is 4.75. The first-order valence-electron chi connectivity index (χ1n) is 7.25. The molecule has 0 aromatic heterocycles. The van der Waals surface area contributed by atoms with Gasteiger partial charge in [0.1, 0.15) is 0 Å². The van der Waals surface area contributed by atoms with Crippen LogP contribution in [-0.2, 0) is 4.79 Å². The lowest BCUT2D eigenvalue weighted by molar-refractivity contribution is -0.132. The SMILES string of the molecule is CCC1C2CNCC2CN1CC(=O)N(C)C(C)C. The monoisotopic (exact) mass is 253 g/mol. The van der Waals surface area contributed by atoms with Gasteiger partial charge in [0.25, 0.3) is 0 Å². The molecule has 2 aliphatic heterocycles. The molecule has 2 fully saturated rings. The lowest BCUT2D eigenvalue weighted by atomic mass is 9.93. The van der Waals surface area contributed by atoms with Gasteiger partial charge in [-0.15, -0.1) is 0 Å². The number of fused-ring (bicyclic) bond motifs is 1. The van der Waals surface area contributed by atoms with Crippen molar-refractivity contribution < 1.29 is 4.79 Å². The van der Waals surface area contributed by atoms with E-state index in [0.29, 0.717) is 18.6 Å². The number of hydrogen-bond acceptors (Lipinski definition) is 3. The smallest absolute Gasteiger partial charge is 0.236 e. The lowest BCUT2D eigenvalue weighted by Crippen LogP contribution is -2.44. The molecule has 3 atom stereocenters. The van der Waals surface area contributed by atoms with Crippen LogP contribution in [-0.4, -0.2) is 61.0 Å². The van der Waals surface area contributed by atoms with Crippen molar-refractivity contribution in [3.8, 4) is 0 Å². The predicted octanol–water partition coefficient (Wildman–Crippen LogP) is 0.783. The van der Waals surface area contributed by atoms with Gasteiger partial charge in [0.05, 0.1) is 6.54 Å². The van der Waals surface area contributed by atoms with E-state index in [1.54, 1.807) is 0 Å². The fourth-order valence-corrected chi connectivity index (χ4v) is 3.43. The predicted molar refractivity (Wildman–Crippen MR) is 73.4 cm³/mol. The number of rotatable bonds is 4. The van der Waals surface area contributed by atoms with E-state index in [1.807, 2.05) is 11.9 Å². The van der Waals surface area contributed by atoms with Gasteiger partial charge in [-0.1, -0.05) is 6.92 Å². The van der Waals surface area contributed by atoms with Crippen molar-refractivity contribution in [2.75, 3.05) is 33.2 Å². The third-order valence-corrected chi connectivity index (χ3v) is 4.75. The Morgan fingerprint density at radius 2 is 2.17 bits per heavy atom. The van der Waals surface area contributed by atoms with Gasteiger partial charge in [-0.2, -0.15) is 0 Å². The Morgan fingerprint density at radius 3 is 2.78 bits per heavy atom. The highest BCUT2D eigenvalue weighted by Crippen LogP contribution is 2.33. The fourth-order valence-electron chi connectivity index (χ4n) is 3.43. The van der Waals surface area contributed by atoms with Gasteiger partial charge < -0.3 is 10.2 Å². The van der Waals surface area contributed by atoms with Crippen LogP contribution in [0, 0.1) is 11.8 Å². The van der Waals surface area contributed by atoms with E-state index < -0.39 is 0 Å². The van der Waals surface area contributed by atoms with Gasteiger partial charge in [0.2, 0.25) is 5.91 Å². The first-order valence-corrected chi connectivity index (χ1v) is 7.25. The summed E-state index contributed by atoms with van der Waals surface area (Å²) < 4.78 is 0. The molecule has 2 heterocycles. The number of hydrogen-bond donors (Lipinski definition) is 1. The molecule has 0 saturated carbocycles. The summed E-state index contributed by atoms with van der Waals surface area (Å²) in [4.78, 5) is 16.5. The molecule has 1 amide bonds. The van der Waals surface area contributed by atoms with E-state index in [0.717, 1.165) is 37.9 Å². The van der Waals surface area contributed by atoms with Crippen LogP contribution in [0.25, 0.3) is 0 Å². The molecule has 1 N–H and O–H groups in total. The Labute approximate surface area is 111 Å². The molecular formula is C14H27N3O. The zero-order valence-electron chi connectivity index (χ0n) is 12.1. The van der Waals surface area contributed by atoms with Gasteiger partial charge >= 0.3 is 0 Å². The van der Waals surface area contributed by atoms with Crippen molar-refractivity contribution in [2.45, 2.75) is 39.3 Å². The first kappa shape index (κ1) is 13.8. The molecule has 0 aliphatic carbocycles. The van der Waals surface area contributed by atoms with Crippen molar-refractivity contribution in [3.05, 3.63) is 0 Å². The van der Waals surface area contributed by atoms with Crippen LogP contribution in [0.15, 0.2) is 0 Å². The molecule has 0 bridgehead atoms. The normalized spacial score (nSPS) is 31.9. The molecule has 0 aromatic rings. The maximum atomic E-state index is 12.2. The minimum Gasteiger partial charge on any atom is -0.342 e. The molecular weight excluding hydrogens is 226 g/mol. The number of nitrogens with zero attached hydrogens (tertiary/aromatic N) is 2. The summed E-state index contributed by atoms with van der Waals surface area (Å²) in [6.07, 6.45) is 1.15. The largest absolute Gasteiger partial charge is 0.342 e. The number of amides is 1. The summed E-state index contributed by atoms with van der Waals surface area (Å²) in [6.45, 7) is 10.3. The molecule has 0 spiro atoms. The highest BCUT2D eigenvalue weighted by Gasteiger charge is 2.43. The van der Waals surface area contributed by atoms with Gasteiger partial charge in [-0.05, 0) is 45.2 Å². The van der Waals surface area contributed by atoms with Crippen molar-refractivity contribution in [1.29, 1.82) is 0 Å². The topological polar surface area (TPSA) is 35.6 Å². The maximum absolute atomic E-state index is 12.2. The van der Waals surface area contributed by atoms with Crippen molar-refractivity contribution in [3.63, 3.8) is 0 Å². The molecule has 3 unspecified atom stereocenters. The second-order valence-corrected chi connectivity index (χ2v) is 6.09. The Hall–Kier alpha value is -0.610. The number of likely N-dealkylation sites (tertiary alicyclic amines) is 1. The number of nitrogens with one attached hydrogen (secondary N) is 1. The van der Waals surface area contributed by atoms with Crippen molar-refractivity contribution >= 4 is 5.91 Å².